The van der Waals surface area contributed by atoms with E-state index in [-0.39, 0.29) is 17.9 Å². The molecule has 0 unspecified atom stereocenters. The van der Waals surface area contributed by atoms with Crippen molar-refractivity contribution in [2.75, 3.05) is 0 Å². The van der Waals surface area contributed by atoms with Crippen molar-refractivity contribution >= 4 is 5.91 Å². The van der Waals surface area contributed by atoms with E-state index >= 15 is 0 Å². The molecule has 0 aromatic heterocycles. The molecule has 16 heavy (non-hydrogen) atoms. The summed E-state index contributed by atoms with van der Waals surface area (Å²) < 4.78 is 0. The van der Waals surface area contributed by atoms with Gasteiger partial charge >= 0.3 is 0 Å². The lowest BCUT2D eigenvalue weighted by Crippen LogP contribution is -2.30. The lowest BCUT2D eigenvalue weighted by atomic mass is 10.0. The van der Waals surface area contributed by atoms with E-state index in [1.54, 1.807) is 0 Å². The summed E-state index contributed by atoms with van der Waals surface area (Å²) in [7, 11) is 0. The molecule has 0 saturated heterocycles. The molecule has 2 nitrogen and oxygen atoms in total. The van der Waals surface area contributed by atoms with Gasteiger partial charge in [0.1, 0.15) is 0 Å². The molecule has 0 fully saturated rings. The minimum atomic E-state index is 0.0392. The van der Waals surface area contributed by atoms with Crippen LogP contribution >= 0.6 is 0 Å². The largest absolute Gasteiger partial charge is 0.349 e. The first-order valence-corrected chi connectivity index (χ1v) is 5.93. The van der Waals surface area contributed by atoms with Crippen molar-refractivity contribution in [2.24, 2.45) is 5.92 Å². The highest BCUT2D eigenvalue weighted by atomic mass is 16.1. The lowest BCUT2D eigenvalue weighted by Gasteiger charge is -2.16. The summed E-state index contributed by atoms with van der Waals surface area (Å²) in [5.74, 6) is 0.143. The van der Waals surface area contributed by atoms with Crippen LogP contribution in [0.2, 0.25) is 0 Å². The fourth-order valence-corrected chi connectivity index (χ4v) is 1.51. The topological polar surface area (TPSA) is 29.1 Å². The van der Waals surface area contributed by atoms with Crippen molar-refractivity contribution in [1.29, 1.82) is 0 Å². The Bertz CT molecular complexity index is 340. The molecule has 1 aromatic carbocycles. The summed E-state index contributed by atoms with van der Waals surface area (Å²) in [5.41, 5.74) is 2.48. The maximum atomic E-state index is 11.5. The lowest BCUT2D eigenvalue weighted by molar-refractivity contribution is -0.124. The van der Waals surface area contributed by atoms with E-state index in [2.05, 4.69) is 36.5 Å². The van der Waals surface area contributed by atoms with Crippen LogP contribution in [0.5, 0.6) is 0 Å². The summed E-state index contributed by atoms with van der Waals surface area (Å²) >= 11 is 0. The summed E-state index contributed by atoms with van der Waals surface area (Å²) in [6.07, 6.45) is 1.05. The number of nitrogens with one attached hydrogen (secondary N) is 1. The van der Waals surface area contributed by atoms with E-state index < -0.39 is 0 Å². The van der Waals surface area contributed by atoms with Gasteiger partial charge in [-0.05, 0) is 24.5 Å². The zero-order chi connectivity index (χ0) is 12.1. The molecule has 0 spiro atoms. The Labute approximate surface area is 98.1 Å². The third-order valence-electron chi connectivity index (χ3n) is 2.77. The van der Waals surface area contributed by atoms with Gasteiger partial charge in [-0.2, -0.15) is 0 Å². The van der Waals surface area contributed by atoms with Crippen LogP contribution in [0.1, 0.15) is 44.9 Å². The number of carbonyl (C=O) groups excluding carboxylic acids is 1. The Morgan fingerprint density at radius 3 is 2.19 bits per heavy atom. The molecule has 1 N–H and O–H groups in total. The van der Waals surface area contributed by atoms with Gasteiger partial charge in [-0.3, -0.25) is 4.79 Å². The molecule has 1 amide bonds. The van der Waals surface area contributed by atoms with Crippen LogP contribution in [0.25, 0.3) is 0 Å². The molecule has 0 aliphatic rings. The first-order valence-electron chi connectivity index (χ1n) is 5.93. The van der Waals surface area contributed by atoms with Crippen LogP contribution in [0.4, 0.5) is 0 Å². The molecule has 1 atom stereocenters. The van der Waals surface area contributed by atoms with E-state index in [1.165, 1.54) is 5.56 Å². The second-order valence-corrected chi connectivity index (χ2v) is 4.48. The average Bonchev–Trinajstić information content (AvgIpc) is 2.28. The molecule has 0 radical (unpaired) electrons. The number of aryl methyl sites for hydroxylation is 1. The van der Waals surface area contributed by atoms with Crippen LogP contribution < -0.4 is 5.32 Å². The third-order valence-corrected chi connectivity index (χ3v) is 2.77. The van der Waals surface area contributed by atoms with Gasteiger partial charge in [0.05, 0.1) is 6.04 Å². The van der Waals surface area contributed by atoms with Gasteiger partial charge in [-0.1, -0.05) is 45.0 Å². The molecule has 0 aliphatic heterocycles. The fourth-order valence-electron chi connectivity index (χ4n) is 1.51. The minimum absolute atomic E-state index is 0.0392. The number of hydrogen-bond acceptors (Lipinski definition) is 1. The normalized spacial score (nSPS) is 12.6. The molecule has 1 rings (SSSR count). The summed E-state index contributed by atoms with van der Waals surface area (Å²) in [5, 5.41) is 2.99. The van der Waals surface area contributed by atoms with Gasteiger partial charge < -0.3 is 5.32 Å². The van der Waals surface area contributed by atoms with E-state index in [0.717, 1.165) is 12.0 Å². The molecule has 0 saturated carbocycles. The Morgan fingerprint density at radius 2 is 1.75 bits per heavy atom. The van der Waals surface area contributed by atoms with Crippen LogP contribution in [0.15, 0.2) is 24.3 Å². The van der Waals surface area contributed by atoms with E-state index in [1.807, 2.05) is 20.8 Å². The van der Waals surface area contributed by atoms with E-state index in [4.69, 9.17) is 0 Å². The van der Waals surface area contributed by atoms with Gasteiger partial charge in [-0.25, -0.2) is 0 Å². The number of amides is 1. The van der Waals surface area contributed by atoms with E-state index in [9.17, 15) is 4.79 Å². The molecule has 88 valence electrons. The first-order chi connectivity index (χ1) is 7.54. The fraction of sp³-hybridized carbons (Fsp3) is 0.500. The first kappa shape index (κ1) is 12.8. The minimum Gasteiger partial charge on any atom is -0.349 e. The highest BCUT2D eigenvalue weighted by Crippen LogP contribution is 2.14. The molecule has 2 heteroatoms. The van der Waals surface area contributed by atoms with Gasteiger partial charge in [0, 0.05) is 5.92 Å². The average molecular weight is 219 g/mol. The number of rotatable bonds is 4. The second-order valence-electron chi connectivity index (χ2n) is 4.48. The zero-order valence-corrected chi connectivity index (χ0v) is 10.6. The quantitative estimate of drug-likeness (QED) is 0.828. The van der Waals surface area contributed by atoms with Crippen molar-refractivity contribution in [3.63, 3.8) is 0 Å². The number of hydrogen-bond donors (Lipinski definition) is 1. The van der Waals surface area contributed by atoms with E-state index in [0.29, 0.717) is 0 Å². The van der Waals surface area contributed by atoms with Crippen LogP contribution in [0.3, 0.4) is 0 Å². The Hall–Kier alpha value is -1.31. The van der Waals surface area contributed by atoms with Gasteiger partial charge in [0.15, 0.2) is 0 Å². The van der Waals surface area contributed by atoms with Gasteiger partial charge in [0.2, 0.25) is 5.91 Å². The monoisotopic (exact) mass is 219 g/mol. The predicted molar refractivity (Wildman–Crippen MR) is 67.2 cm³/mol. The smallest absolute Gasteiger partial charge is 0.223 e. The van der Waals surface area contributed by atoms with Crippen molar-refractivity contribution in [2.45, 2.75) is 40.2 Å². The second kappa shape index (κ2) is 5.69. The van der Waals surface area contributed by atoms with Gasteiger partial charge in [-0.15, -0.1) is 0 Å². The Kier molecular flexibility index (Phi) is 4.53. The molecular weight excluding hydrogens is 198 g/mol. The molecular formula is C14H21NO. The Balaban J connectivity index is 2.65. The Morgan fingerprint density at radius 1 is 1.19 bits per heavy atom. The standard InChI is InChI=1S/C14H21NO/c1-5-12-6-8-13(9-7-12)11(4)15-14(16)10(2)3/h6-11H,5H2,1-4H3,(H,15,16)/t11-/m0/s1. The molecule has 0 bridgehead atoms. The maximum Gasteiger partial charge on any atom is 0.223 e. The van der Waals surface area contributed by atoms with Gasteiger partial charge in [0.25, 0.3) is 0 Å². The highest BCUT2D eigenvalue weighted by Gasteiger charge is 2.11. The van der Waals surface area contributed by atoms with Crippen molar-refractivity contribution in [3.05, 3.63) is 35.4 Å². The van der Waals surface area contributed by atoms with Crippen LogP contribution in [-0.2, 0) is 11.2 Å². The number of benzene rings is 1. The zero-order valence-electron chi connectivity index (χ0n) is 10.6. The highest BCUT2D eigenvalue weighted by molar-refractivity contribution is 5.78. The van der Waals surface area contributed by atoms with Crippen molar-refractivity contribution in [3.8, 4) is 0 Å². The molecule has 0 aliphatic carbocycles. The summed E-state index contributed by atoms with van der Waals surface area (Å²) in [6.45, 7) is 7.96. The number of carbonyl (C=O) groups is 1. The molecule has 1 aromatic rings. The van der Waals surface area contributed by atoms with Crippen molar-refractivity contribution < 1.29 is 4.79 Å². The van der Waals surface area contributed by atoms with Crippen LogP contribution in [-0.4, -0.2) is 5.91 Å². The maximum absolute atomic E-state index is 11.5. The molecule has 0 heterocycles. The predicted octanol–water partition coefficient (Wildman–Crippen LogP) is 3.08. The third kappa shape index (κ3) is 3.37. The van der Waals surface area contributed by atoms with Crippen LogP contribution in [0, 0.1) is 5.92 Å². The summed E-state index contributed by atoms with van der Waals surface area (Å²) in [6, 6.07) is 8.50. The van der Waals surface area contributed by atoms with Crippen molar-refractivity contribution in [1.82, 2.24) is 5.32 Å². The SMILES string of the molecule is CCc1ccc([C@H](C)NC(=O)C(C)C)cc1. The summed E-state index contributed by atoms with van der Waals surface area (Å²) in [4.78, 5) is 11.5.